The summed E-state index contributed by atoms with van der Waals surface area (Å²) in [6.45, 7) is 8.73. The molecule has 2 amide bonds. The van der Waals surface area contributed by atoms with Gasteiger partial charge >= 0.3 is 0 Å². The van der Waals surface area contributed by atoms with E-state index in [0.717, 1.165) is 0 Å². The highest BCUT2D eigenvalue weighted by Gasteiger charge is 2.26. The van der Waals surface area contributed by atoms with Crippen LogP contribution in [0.4, 0.5) is 10.1 Å². The van der Waals surface area contributed by atoms with Crippen molar-refractivity contribution in [2.75, 3.05) is 31.5 Å². The van der Waals surface area contributed by atoms with Crippen LogP contribution in [0.15, 0.2) is 18.2 Å². The van der Waals surface area contributed by atoms with Gasteiger partial charge in [0.05, 0.1) is 37.3 Å². The first-order chi connectivity index (χ1) is 14.2. The van der Waals surface area contributed by atoms with E-state index in [9.17, 15) is 19.2 Å². The Balaban J connectivity index is 1.83. The molecule has 3 rings (SSSR count). The molecule has 3 N–H and O–H groups in total. The van der Waals surface area contributed by atoms with Crippen molar-refractivity contribution in [3.8, 4) is 0 Å². The third-order valence-electron chi connectivity index (χ3n) is 5.71. The second kappa shape index (κ2) is 8.41. The lowest BCUT2D eigenvalue weighted by Crippen LogP contribution is -2.46. The second-order valence-electron chi connectivity index (χ2n) is 7.54. The fourth-order valence-electron chi connectivity index (χ4n) is 3.71. The van der Waals surface area contributed by atoms with E-state index in [1.807, 2.05) is 13.8 Å². The Morgan fingerprint density at radius 3 is 2.63 bits per heavy atom. The number of nitrogens with one attached hydrogen (secondary N) is 3. The summed E-state index contributed by atoms with van der Waals surface area (Å²) in [4.78, 5) is 28.2. The van der Waals surface area contributed by atoms with E-state index in [1.54, 1.807) is 19.9 Å². The number of carbonyl (C=O) groups excluding carboxylic acids is 2. The number of likely N-dealkylation sites (N-methyl/N-ethyl adjacent to an activating group) is 1. The molecule has 0 bridgehead atoms. The van der Waals surface area contributed by atoms with E-state index in [-0.39, 0.29) is 23.0 Å². The number of anilines is 1. The van der Waals surface area contributed by atoms with Crippen LogP contribution < -0.4 is 10.6 Å². The lowest BCUT2D eigenvalue weighted by Gasteiger charge is -2.41. The fraction of sp³-hybridized carbons (Fsp3) is 0.364. The number of quaternary nitrogens is 1. The van der Waals surface area contributed by atoms with Gasteiger partial charge < -0.3 is 25.5 Å². The number of aromatic amines is 1. The summed E-state index contributed by atoms with van der Waals surface area (Å²) in [7, 11) is 0. The van der Waals surface area contributed by atoms with Crippen LogP contribution in [0.2, 0.25) is 0 Å². The molecule has 1 aromatic heterocycles. The minimum absolute atomic E-state index is 0.271. The number of nitrogens with zero attached hydrogens (tertiary/aromatic N) is 1. The van der Waals surface area contributed by atoms with Gasteiger partial charge in [-0.3, -0.25) is 9.59 Å². The number of rotatable bonds is 7. The zero-order valence-electron chi connectivity index (χ0n) is 17.7. The average molecular weight is 414 g/mol. The van der Waals surface area contributed by atoms with Crippen LogP contribution in [0.3, 0.4) is 0 Å². The number of hydrogen-bond donors (Lipinski definition) is 3. The van der Waals surface area contributed by atoms with Crippen molar-refractivity contribution in [1.82, 2.24) is 10.3 Å². The van der Waals surface area contributed by atoms with Crippen LogP contribution >= 0.6 is 0 Å². The van der Waals surface area contributed by atoms with E-state index >= 15 is 0 Å². The molecule has 1 aromatic carbocycles. The minimum Gasteiger partial charge on any atom is -0.633 e. The van der Waals surface area contributed by atoms with Crippen molar-refractivity contribution in [3.63, 3.8) is 0 Å². The predicted octanol–water partition coefficient (Wildman–Crippen LogP) is 3.35. The topological polar surface area (TPSA) is 97.0 Å². The SMILES string of the molecule is CC[N+]([O-])(CC)CCNC(=O)c1c(C)[nH]c(C=C2C(=O)Nc3ccc(F)cc32)c1C. The van der Waals surface area contributed by atoms with Gasteiger partial charge in [-0.25, -0.2) is 4.39 Å². The molecule has 0 radical (unpaired) electrons. The van der Waals surface area contributed by atoms with E-state index < -0.39 is 5.82 Å². The normalized spacial score (nSPS) is 14.7. The highest BCUT2D eigenvalue weighted by atomic mass is 19.1. The number of benzene rings is 1. The third kappa shape index (κ3) is 4.15. The summed E-state index contributed by atoms with van der Waals surface area (Å²) in [6, 6.07) is 4.13. The zero-order valence-corrected chi connectivity index (χ0v) is 17.7. The molecule has 7 nitrogen and oxygen atoms in total. The maximum absolute atomic E-state index is 13.7. The molecule has 30 heavy (non-hydrogen) atoms. The molecule has 0 atom stereocenters. The molecule has 0 unspecified atom stereocenters. The first-order valence-corrected chi connectivity index (χ1v) is 10.1. The number of hydrogen-bond acceptors (Lipinski definition) is 3. The number of fused-ring (bicyclic) bond motifs is 1. The van der Waals surface area contributed by atoms with E-state index in [1.165, 1.54) is 18.2 Å². The van der Waals surface area contributed by atoms with E-state index in [2.05, 4.69) is 15.6 Å². The molecule has 160 valence electrons. The molecule has 0 spiro atoms. The molecule has 1 aliphatic rings. The Morgan fingerprint density at radius 2 is 1.97 bits per heavy atom. The molecule has 8 heteroatoms. The van der Waals surface area contributed by atoms with Gasteiger partial charge in [-0.1, -0.05) is 0 Å². The molecule has 0 fully saturated rings. The Labute approximate surface area is 175 Å². The fourth-order valence-corrected chi connectivity index (χ4v) is 3.71. The van der Waals surface area contributed by atoms with Gasteiger partial charge in [0.2, 0.25) is 0 Å². The number of amides is 2. The molecular weight excluding hydrogens is 387 g/mol. The van der Waals surface area contributed by atoms with Gasteiger partial charge in [-0.2, -0.15) is 0 Å². The first kappa shape index (κ1) is 21.7. The molecule has 0 aliphatic carbocycles. The van der Waals surface area contributed by atoms with Crippen LogP contribution in [0.5, 0.6) is 0 Å². The third-order valence-corrected chi connectivity index (χ3v) is 5.71. The molecular formula is C22H27FN4O3. The maximum Gasteiger partial charge on any atom is 0.256 e. The molecule has 0 saturated heterocycles. The van der Waals surface area contributed by atoms with Crippen molar-refractivity contribution >= 4 is 29.2 Å². The van der Waals surface area contributed by atoms with Crippen LogP contribution in [-0.2, 0) is 4.79 Å². The standard InChI is InChI=1S/C22H27FN4O3/c1-5-27(30,6-2)10-9-24-22(29)20-13(3)19(25-14(20)4)12-17-16-11-15(23)7-8-18(16)26-21(17)28/h7-8,11-12,25H,5-6,9-10H2,1-4H3,(H,24,29)(H,26,28). The lowest BCUT2D eigenvalue weighted by molar-refractivity contribution is -0.875. The first-order valence-electron chi connectivity index (χ1n) is 10.1. The van der Waals surface area contributed by atoms with Crippen molar-refractivity contribution in [2.24, 2.45) is 0 Å². The monoisotopic (exact) mass is 414 g/mol. The van der Waals surface area contributed by atoms with Crippen molar-refractivity contribution in [2.45, 2.75) is 27.7 Å². The van der Waals surface area contributed by atoms with E-state index in [4.69, 9.17) is 0 Å². The lowest BCUT2D eigenvalue weighted by atomic mass is 10.0. The summed E-state index contributed by atoms with van der Waals surface area (Å²) in [5.74, 6) is -1.02. The summed E-state index contributed by atoms with van der Waals surface area (Å²) in [5.41, 5.74) is 3.80. The Morgan fingerprint density at radius 1 is 1.27 bits per heavy atom. The molecule has 0 saturated carbocycles. The number of aryl methyl sites for hydroxylation is 1. The number of halogens is 1. The Hall–Kier alpha value is -2.97. The Bertz CT molecular complexity index is 1020. The van der Waals surface area contributed by atoms with Gasteiger partial charge in [0, 0.05) is 22.6 Å². The molecule has 2 aromatic rings. The highest BCUT2D eigenvalue weighted by molar-refractivity contribution is 6.34. The van der Waals surface area contributed by atoms with Crippen LogP contribution in [0.25, 0.3) is 11.6 Å². The van der Waals surface area contributed by atoms with Gasteiger partial charge in [0.1, 0.15) is 5.82 Å². The molecule has 1 aliphatic heterocycles. The van der Waals surface area contributed by atoms with Gasteiger partial charge in [0.25, 0.3) is 11.8 Å². The van der Waals surface area contributed by atoms with Crippen molar-refractivity contribution < 1.29 is 18.6 Å². The van der Waals surface area contributed by atoms with E-state index in [0.29, 0.717) is 59.0 Å². The van der Waals surface area contributed by atoms with Gasteiger partial charge in [0.15, 0.2) is 0 Å². The number of H-pyrrole nitrogens is 1. The summed E-state index contributed by atoms with van der Waals surface area (Å²) >= 11 is 0. The number of hydroxylamine groups is 3. The van der Waals surface area contributed by atoms with Gasteiger partial charge in [-0.05, 0) is 57.5 Å². The summed E-state index contributed by atoms with van der Waals surface area (Å²) in [5, 5.41) is 17.9. The average Bonchev–Trinajstić information content (AvgIpc) is 3.17. The largest absolute Gasteiger partial charge is 0.633 e. The summed E-state index contributed by atoms with van der Waals surface area (Å²) < 4.78 is 13.3. The van der Waals surface area contributed by atoms with Gasteiger partial charge in [-0.15, -0.1) is 0 Å². The smallest absolute Gasteiger partial charge is 0.256 e. The van der Waals surface area contributed by atoms with Crippen LogP contribution in [0.1, 0.15) is 46.7 Å². The van der Waals surface area contributed by atoms with Crippen LogP contribution in [-0.4, -0.2) is 47.6 Å². The van der Waals surface area contributed by atoms with Crippen LogP contribution in [0, 0.1) is 24.9 Å². The predicted molar refractivity (Wildman–Crippen MR) is 115 cm³/mol. The summed E-state index contributed by atoms with van der Waals surface area (Å²) in [6.07, 6.45) is 1.63. The van der Waals surface area contributed by atoms with Crippen molar-refractivity contribution in [1.29, 1.82) is 0 Å². The quantitative estimate of drug-likeness (QED) is 0.368. The molecule has 2 heterocycles. The Kier molecular flexibility index (Phi) is 6.09. The maximum atomic E-state index is 13.7. The minimum atomic E-state index is -0.428. The highest BCUT2D eigenvalue weighted by Crippen LogP contribution is 2.34. The number of aromatic nitrogens is 1. The zero-order chi connectivity index (χ0) is 22.1. The second-order valence-corrected chi connectivity index (χ2v) is 7.54. The number of carbonyl (C=O) groups is 2. The van der Waals surface area contributed by atoms with Crippen molar-refractivity contribution in [3.05, 3.63) is 57.3 Å².